The van der Waals surface area contributed by atoms with Gasteiger partial charge in [-0.05, 0) is 42.0 Å². The lowest BCUT2D eigenvalue weighted by molar-refractivity contribution is -0.137. The quantitative estimate of drug-likeness (QED) is 0.607. The normalized spacial score (nSPS) is 11.8. The fourth-order valence-electron chi connectivity index (χ4n) is 1.77. The Balaban J connectivity index is 2.11. The molecule has 0 spiro atoms. The Morgan fingerprint density at radius 3 is 2.29 bits per heavy atom. The van der Waals surface area contributed by atoms with Crippen molar-refractivity contribution in [3.63, 3.8) is 0 Å². The molecule has 0 atom stereocenters. The van der Waals surface area contributed by atoms with Crippen LogP contribution in [0, 0.1) is 0 Å². The molecule has 0 heterocycles. The molecule has 0 radical (unpaired) electrons. The van der Waals surface area contributed by atoms with Crippen molar-refractivity contribution < 1.29 is 18.0 Å². The first-order chi connectivity index (χ1) is 11.2. The van der Waals surface area contributed by atoms with Crippen molar-refractivity contribution in [3.05, 3.63) is 68.7 Å². The number of nitrogens with one attached hydrogen (secondary N) is 1. The van der Waals surface area contributed by atoms with Crippen LogP contribution in [0.3, 0.4) is 0 Å². The molecule has 0 fully saturated rings. The lowest BCUT2D eigenvalue weighted by atomic mass is 10.2. The zero-order valence-corrected chi connectivity index (χ0v) is 14.1. The van der Waals surface area contributed by atoms with Crippen molar-refractivity contribution in [2.24, 2.45) is 0 Å². The molecular formula is C16H9Cl3F3NO. The molecule has 24 heavy (non-hydrogen) atoms. The van der Waals surface area contributed by atoms with Crippen molar-refractivity contribution in [2.45, 2.75) is 6.18 Å². The van der Waals surface area contributed by atoms with E-state index in [0.717, 1.165) is 18.2 Å². The molecule has 0 bridgehead atoms. The van der Waals surface area contributed by atoms with Gasteiger partial charge in [0.1, 0.15) is 0 Å². The molecular weight excluding hydrogens is 386 g/mol. The topological polar surface area (TPSA) is 29.1 Å². The van der Waals surface area contributed by atoms with E-state index < -0.39 is 17.6 Å². The third kappa shape index (κ3) is 4.90. The Bertz CT molecular complexity index is 804. The van der Waals surface area contributed by atoms with Crippen LogP contribution in [0.25, 0.3) is 6.08 Å². The van der Waals surface area contributed by atoms with E-state index in [0.29, 0.717) is 15.6 Å². The molecule has 0 aliphatic rings. The number of hydrogen-bond donors (Lipinski definition) is 1. The summed E-state index contributed by atoms with van der Waals surface area (Å²) in [6.45, 7) is 0. The molecule has 0 saturated carbocycles. The first-order valence-electron chi connectivity index (χ1n) is 6.47. The third-order valence-electron chi connectivity index (χ3n) is 2.93. The highest BCUT2D eigenvalue weighted by Crippen LogP contribution is 2.33. The Morgan fingerprint density at radius 2 is 1.71 bits per heavy atom. The van der Waals surface area contributed by atoms with E-state index in [1.165, 1.54) is 18.2 Å². The summed E-state index contributed by atoms with van der Waals surface area (Å²) >= 11 is 17.5. The summed E-state index contributed by atoms with van der Waals surface area (Å²) in [4.78, 5) is 11.9. The minimum Gasteiger partial charge on any atom is -0.321 e. The van der Waals surface area contributed by atoms with E-state index in [4.69, 9.17) is 34.8 Å². The predicted octanol–water partition coefficient (Wildman–Crippen LogP) is 6.32. The maximum atomic E-state index is 12.6. The van der Waals surface area contributed by atoms with Gasteiger partial charge in [-0.2, -0.15) is 13.2 Å². The Kier molecular flexibility index (Phi) is 5.80. The minimum absolute atomic E-state index is 0.0709. The van der Waals surface area contributed by atoms with E-state index in [-0.39, 0.29) is 10.7 Å². The number of anilines is 1. The van der Waals surface area contributed by atoms with Crippen molar-refractivity contribution in [2.75, 3.05) is 5.32 Å². The highest BCUT2D eigenvalue weighted by molar-refractivity contribution is 6.35. The fraction of sp³-hybridized carbons (Fsp3) is 0.0625. The zero-order valence-electron chi connectivity index (χ0n) is 11.8. The first kappa shape index (κ1) is 18.6. The summed E-state index contributed by atoms with van der Waals surface area (Å²) in [6.07, 6.45) is -1.87. The molecule has 2 nitrogen and oxygen atoms in total. The highest BCUT2D eigenvalue weighted by Gasteiger charge is 2.30. The molecule has 0 aliphatic heterocycles. The van der Waals surface area contributed by atoms with Crippen LogP contribution in [-0.2, 0) is 11.0 Å². The number of carbonyl (C=O) groups excluding carboxylic acids is 1. The van der Waals surface area contributed by atoms with Crippen LogP contribution < -0.4 is 5.32 Å². The monoisotopic (exact) mass is 393 g/mol. The minimum atomic E-state index is -4.50. The van der Waals surface area contributed by atoms with E-state index in [2.05, 4.69) is 5.32 Å². The molecule has 2 aromatic carbocycles. The van der Waals surface area contributed by atoms with Gasteiger partial charge in [0.05, 0.1) is 16.3 Å². The van der Waals surface area contributed by atoms with Gasteiger partial charge in [0.15, 0.2) is 0 Å². The molecule has 2 aromatic rings. The van der Waals surface area contributed by atoms with Gasteiger partial charge in [0.2, 0.25) is 5.91 Å². The van der Waals surface area contributed by atoms with Gasteiger partial charge in [-0.3, -0.25) is 4.79 Å². The maximum Gasteiger partial charge on any atom is 0.416 e. The van der Waals surface area contributed by atoms with Crippen LogP contribution >= 0.6 is 34.8 Å². The Hall–Kier alpha value is -1.69. The lowest BCUT2D eigenvalue weighted by Crippen LogP contribution is -2.10. The Morgan fingerprint density at radius 1 is 1.00 bits per heavy atom. The largest absolute Gasteiger partial charge is 0.416 e. The number of benzene rings is 2. The average Bonchev–Trinajstić information content (AvgIpc) is 2.47. The standard InChI is InChI=1S/C16H9Cl3F3NO/c17-11-4-1-9(12(18)8-11)2-6-15(24)23-14-5-3-10(7-13(14)19)16(20,21)22/h1-8H,(H,23,24)/b6-2+. The number of alkyl halides is 3. The van der Waals surface area contributed by atoms with Crippen LogP contribution in [0.2, 0.25) is 15.1 Å². The zero-order chi connectivity index (χ0) is 17.9. The fourth-order valence-corrected chi connectivity index (χ4v) is 2.47. The maximum absolute atomic E-state index is 12.6. The molecule has 0 aromatic heterocycles. The van der Waals surface area contributed by atoms with Gasteiger partial charge < -0.3 is 5.32 Å². The molecule has 8 heteroatoms. The van der Waals surface area contributed by atoms with E-state index in [1.807, 2.05) is 0 Å². The molecule has 1 N–H and O–H groups in total. The summed E-state index contributed by atoms with van der Waals surface area (Å²) < 4.78 is 37.7. The van der Waals surface area contributed by atoms with Crippen LogP contribution in [0.4, 0.5) is 18.9 Å². The van der Waals surface area contributed by atoms with E-state index >= 15 is 0 Å². The van der Waals surface area contributed by atoms with Crippen molar-refractivity contribution in [1.82, 2.24) is 0 Å². The molecule has 0 unspecified atom stereocenters. The second-order valence-electron chi connectivity index (χ2n) is 4.68. The number of rotatable bonds is 3. The third-order valence-corrected chi connectivity index (χ3v) is 3.81. The van der Waals surface area contributed by atoms with Gasteiger partial charge in [-0.25, -0.2) is 0 Å². The second kappa shape index (κ2) is 7.47. The summed E-state index contributed by atoms with van der Waals surface area (Å²) in [5, 5.41) is 3.00. The smallest absolute Gasteiger partial charge is 0.321 e. The lowest BCUT2D eigenvalue weighted by Gasteiger charge is -2.10. The number of amides is 1. The van der Waals surface area contributed by atoms with Crippen LogP contribution in [-0.4, -0.2) is 5.91 Å². The molecule has 0 saturated heterocycles. The van der Waals surface area contributed by atoms with E-state index in [1.54, 1.807) is 12.1 Å². The van der Waals surface area contributed by atoms with Crippen molar-refractivity contribution >= 4 is 52.5 Å². The first-order valence-corrected chi connectivity index (χ1v) is 7.61. The number of hydrogen-bond acceptors (Lipinski definition) is 1. The Labute approximate surface area is 150 Å². The molecule has 1 amide bonds. The molecule has 0 aliphatic carbocycles. The molecule has 126 valence electrons. The summed E-state index contributed by atoms with van der Waals surface area (Å²) in [5.74, 6) is -0.567. The summed E-state index contributed by atoms with van der Waals surface area (Å²) in [5.41, 5.74) is -0.259. The van der Waals surface area contributed by atoms with Crippen LogP contribution in [0.15, 0.2) is 42.5 Å². The van der Waals surface area contributed by atoms with Gasteiger partial charge in [-0.1, -0.05) is 40.9 Å². The van der Waals surface area contributed by atoms with Crippen LogP contribution in [0.5, 0.6) is 0 Å². The number of halogens is 6. The second-order valence-corrected chi connectivity index (χ2v) is 5.93. The van der Waals surface area contributed by atoms with Crippen molar-refractivity contribution in [1.29, 1.82) is 0 Å². The van der Waals surface area contributed by atoms with Crippen LogP contribution in [0.1, 0.15) is 11.1 Å². The van der Waals surface area contributed by atoms with Crippen molar-refractivity contribution in [3.8, 4) is 0 Å². The highest BCUT2D eigenvalue weighted by atomic mass is 35.5. The van der Waals surface area contributed by atoms with Gasteiger partial charge >= 0.3 is 6.18 Å². The number of carbonyl (C=O) groups is 1. The molecule has 2 rings (SSSR count). The van der Waals surface area contributed by atoms with E-state index in [9.17, 15) is 18.0 Å². The SMILES string of the molecule is O=C(/C=C/c1ccc(Cl)cc1Cl)Nc1ccc(C(F)(F)F)cc1Cl. The van der Waals surface area contributed by atoms with Gasteiger partial charge in [0.25, 0.3) is 0 Å². The predicted molar refractivity (Wildman–Crippen MR) is 90.6 cm³/mol. The summed E-state index contributed by atoms with van der Waals surface area (Å²) in [7, 11) is 0. The van der Waals surface area contributed by atoms with Gasteiger partial charge in [0, 0.05) is 16.1 Å². The summed E-state index contributed by atoms with van der Waals surface area (Å²) in [6, 6.07) is 7.43. The average molecular weight is 395 g/mol. The van der Waals surface area contributed by atoms with Gasteiger partial charge in [-0.15, -0.1) is 0 Å².